The van der Waals surface area contributed by atoms with E-state index >= 15 is 0 Å². The standard InChI is InChI=1S/C20H30N2O3S/c1-2-3-4-5-6-7-8-9-10-11-19(24)21-22-20(25)16-26-18-14-12-17(23)13-15-18/h9-10,12-15,23H,2-8,11,16H2,1H3,(H,21,24)(H,22,25)/b10-9+. The van der Waals surface area contributed by atoms with Crippen LogP contribution in [-0.4, -0.2) is 22.7 Å². The summed E-state index contributed by atoms with van der Waals surface area (Å²) in [6.07, 6.45) is 12.7. The molecule has 26 heavy (non-hydrogen) atoms. The summed E-state index contributed by atoms with van der Waals surface area (Å²) in [6.45, 7) is 2.21. The number of aromatic hydroxyl groups is 1. The molecule has 0 saturated carbocycles. The molecule has 0 atom stereocenters. The number of carbonyl (C=O) groups excluding carboxylic acids is 2. The molecule has 6 heteroatoms. The predicted octanol–water partition coefficient (Wildman–Crippen LogP) is 4.33. The number of rotatable bonds is 12. The molecule has 0 fully saturated rings. The highest BCUT2D eigenvalue weighted by Crippen LogP contribution is 2.20. The van der Waals surface area contributed by atoms with Crippen molar-refractivity contribution >= 4 is 23.6 Å². The van der Waals surface area contributed by atoms with Gasteiger partial charge in [0.25, 0.3) is 0 Å². The fraction of sp³-hybridized carbons (Fsp3) is 0.500. The fourth-order valence-electron chi connectivity index (χ4n) is 2.27. The van der Waals surface area contributed by atoms with Crippen LogP contribution in [0.2, 0.25) is 0 Å². The summed E-state index contributed by atoms with van der Waals surface area (Å²) >= 11 is 1.33. The van der Waals surface area contributed by atoms with E-state index in [1.165, 1.54) is 43.9 Å². The lowest BCUT2D eigenvalue weighted by Crippen LogP contribution is -2.42. The largest absolute Gasteiger partial charge is 0.508 e. The van der Waals surface area contributed by atoms with Gasteiger partial charge in [0, 0.05) is 11.3 Å². The lowest BCUT2D eigenvalue weighted by atomic mass is 10.1. The van der Waals surface area contributed by atoms with E-state index in [1.807, 2.05) is 12.2 Å². The summed E-state index contributed by atoms with van der Waals surface area (Å²) in [5.41, 5.74) is 4.81. The Morgan fingerprint density at radius 2 is 1.62 bits per heavy atom. The Morgan fingerprint density at radius 1 is 0.962 bits per heavy atom. The van der Waals surface area contributed by atoms with Gasteiger partial charge in [-0.1, -0.05) is 51.2 Å². The quantitative estimate of drug-likeness (QED) is 0.219. The minimum absolute atomic E-state index is 0.190. The first-order valence-electron chi connectivity index (χ1n) is 9.26. The van der Waals surface area contributed by atoms with Crippen molar-refractivity contribution in [2.45, 2.75) is 63.2 Å². The highest BCUT2D eigenvalue weighted by atomic mass is 32.2. The van der Waals surface area contributed by atoms with Crippen molar-refractivity contribution in [1.82, 2.24) is 10.9 Å². The molecule has 144 valence electrons. The fourth-order valence-corrected chi connectivity index (χ4v) is 2.97. The van der Waals surface area contributed by atoms with Crippen molar-refractivity contribution in [1.29, 1.82) is 0 Å². The number of amides is 2. The number of phenols is 1. The van der Waals surface area contributed by atoms with E-state index in [9.17, 15) is 14.7 Å². The molecule has 0 aliphatic carbocycles. The molecule has 0 aliphatic rings. The molecule has 3 N–H and O–H groups in total. The third kappa shape index (κ3) is 11.6. The Bertz CT molecular complexity index is 559. The third-order valence-electron chi connectivity index (χ3n) is 3.74. The van der Waals surface area contributed by atoms with Gasteiger partial charge in [0.1, 0.15) is 5.75 Å². The van der Waals surface area contributed by atoms with Crippen molar-refractivity contribution < 1.29 is 14.7 Å². The molecule has 1 aromatic rings. The van der Waals surface area contributed by atoms with E-state index in [0.29, 0.717) is 0 Å². The third-order valence-corrected chi connectivity index (χ3v) is 4.75. The summed E-state index contributed by atoms with van der Waals surface area (Å²) in [6, 6.07) is 6.61. The molecule has 0 aromatic heterocycles. The first-order valence-corrected chi connectivity index (χ1v) is 10.2. The van der Waals surface area contributed by atoms with E-state index < -0.39 is 0 Å². The van der Waals surface area contributed by atoms with E-state index in [4.69, 9.17) is 0 Å². The van der Waals surface area contributed by atoms with Gasteiger partial charge < -0.3 is 5.11 Å². The summed E-state index contributed by atoms with van der Waals surface area (Å²) in [4.78, 5) is 24.2. The van der Waals surface area contributed by atoms with E-state index in [1.54, 1.807) is 24.3 Å². The van der Waals surface area contributed by atoms with Gasteiger partial charge in [-0.3, -0.25) is 20.4 Å². The molecule has 0 saturated heterocycles. The zero-order valence-electron chi connectivity index (χ0n) is 15.5. The number of phenolic OH excluding ortho intramolecular Hbond substituents is 1. The van der Waals surface area contributed by atoms with Crippen LogP contribution < -0.4 is 10.9 Å². The van der Waals surface area contributed by atoms with Gasteiger partial charge in [-0.25, -0.2) is 0 Å². The number of carbonyl (C=O) groups is 2. The average molecular weight is 379 g/mol. The summed E-state index contributed by atoms with van der Waals surface area (Å²) < 4.78 is 0. The van der Waals surface area contributed by atoms with Gasteiger partial charge >= 0.3 is 0 Å². The van der Waals surface area contributed by atoms with Crippen molar-refractivity contribution in [3.05, 3.63) is 36.4 Å². The van der Waals surface area contributed by atoms with Crippen molar-refractivity contribution in [3.63, 3.8) is 0 Å². The summed E-state index contributed by atoms with van der Waals surface area (Å²) in [5, 5.41) is 9.20. The smallest absolute Gasteiger partial charge is 0.248 e. The molecule has 5 nitrogen and oxygen atoms in total. The molecule has 0 radical (unpaired) electrons. The van der Waals surface area contributed by atoms with Crippen molar-refractivity contribution in [2.75, 3.05) is 5.75 Å². The molecule has 2 amide bonds. The Morgan fingerprint density at radius 3 is 2.35 bits per heavy atom. The van der Waals surface area contributed by atoms with Crippen LogP contribution in [0.3, 0.4) is 0 Å². The normalized spacial score (nSPS) is 10.8. The average Bonchev–Trinajstić information content (AvgIpc) is 2.64. The SMILES string of the molecule is CCCCCCCC/C=C/CC(=O)NNC(=O)CSc1ccc(O)cc1. The molecular weight excluding hydrogens is 348 g/mol. The summed E-state index contributed by atoms with van der Waals surface area (Å²) in [5.74, 6) is -0.117. The minimum atomic E-state index is -0.271. The number of nitrogens with one attached hydrogen (secondary N) is 2. The number of hydrazine groups is 1. The molecule has 0 aliphatic heterocycles. The molecule has 0 heterocycles. The topological polar surface area (TPSA) is 78.4 Å². The van der Waals surface area contributed by atoms with Crippen LogP contribution >= 0.6 is 11.8 Å². The molecule has 0 spiro atoms. The van der Waals surface area contributed by atoms with Gasteiger partial charge in [0.15, 0.2) is 0 Å². The van der Waals surface area contributed by atoms with Crippen LogP contribution in [0.5, 0.6) is 5.75 Å². The number of thioether (sulfide) groups is 1. The number of hydrogen-bond acceptors (Lipinski definition) is 4. The van der Waals surface area contributed by atoms with Crippen LogP contribution in [0, 0.1) is 0 Å². The summed E-state index contributed by atoms with van der Waals surface area (Å²) in [7, 11) is 0. The highest BCUT2D eigenvalue weighted by molar-refractivity contribution is 8.00. The predicted molar refractivity (Wildman–Crippen MR) is 107 cm³/mol. The van der Waals surface area contributed by atoms with Crippen LogP contribution in [0.15, 0.2) is 41.3 Å². The Balaban J connectivity index is 2.03. The van der Waals surface area contributed by atoms with Crippen LogP contribution in [0.25, 0.3) is 0 Å². The number of unbranched alkanes of at least 4 members (excludes halogenated alkanes) is 6. The van der Waals surface area contributed by atoms with Crippen LogP contribution in [-0.2, 0) is 9.59 Å². The lowest BCUT2D eigenvalue weighted by molar-refractivity contribution is -0.127. The monoisotopic (exact) mass is 378 g/mol. The van der Waals surface area contributed by atoms with E-state index in [0.717, 1.165) is 17.7 Å². The first kappa shape index (κ1) is 22.1. The van der Waals surface area contributed by atoms with Gasteiger partial charge in [0.05, 0.1) is 5.75 Å². The molecule has 0 unspecified atom stereocenters. The van der Waals surface area contributed by atoms with Crippen LogP contribution in [0.1, 0.15) is 58.3 Å². The Labute approximate surface area is 160 Å². The maximum absolute atomic E-state index is 11.7. The molecule has 1 aromatic carbocycles. The Kier molecular flexibility index (Phi) is 12.1. The van der Waals surface area contributed by atoms with E-state index in [2.05, 4.69) is 17.8 Å². The zero-order valence-corrected chi connectivity index (χ0v) is 16.3. The first-order chi connectivity index (χ1) is 12.6. The number of hydrogen-bond donors (Lipinski definition) is 3. The van der Waals surface area contributed by atoms with Gasteiger partial charge in [-0.15, -0.1) is 11.8 Å². The molecule has 0 bridgehead atoms. The second kappa shape index (κ2) is 14.2. The minimum Gasteiger partial charge on any atom is -0.508 e. The van der Waals surface area contributed by atoms with Crippen molar-refractivity contribution in [3.8, 4) is 5.75 Å². The molecule has 1 rings (SSSR count). The highest BCUT2D eigenvalue weighted by Gasteiger charge is 2.04. The van der Waals surface area contributed by atoms with E-state index in [-0.39, 0.29) is 29.7 Å². The molecular formula is C20H30N2O3S. The van der Waals surface area contributed by atoms with Gasteiger partial charge in [-0.2, -0.15) is 0 Å². The van der Waals surface area contributed by atoms with Crippen molar-refractivity contribution in [2.24, 2.45) is 0 Å². The second-order valence-electron chi connectivity index (χ2n) is 6.11. The van der Waals surface area contributed by atoms with Gasteiger partial charge in [0.2, 0.25) is 11.8 Å². The van der Waals surface area contributed by atoms with Crippen LogP contribution in [0.4, 0.5) is 0 Å². The maximum atomic E-state index is 11.7. The number of benzene rings is 1. The lowest BCUT2D eigenvalue weighted by Gasteiger charge is -2.06. The zero-order chi connectivity index (χ0) is 19.0. The van der Waals surface area contributed by atoms with Gasteiger partial charge in [-0.05, 0) is 37.1 Å². The second-order valence-corrected chi connectivity index (χ2v) is 7.16. The maximum Gasteiger partial charge on any atom is 0.248 e. The number of allylic oxidation sites excluding steroid dienone is 1. The Hall–Kier alpha value is -1.95.